The quantitative estimate of drug-likeness (QED) is 0.322. The maximum Gasteiger partial charge on any atom is 0.299 e. The highest BCUT2D eigenvalue weighted by Gasteiger charge is 2.69. The van der Waals surface area contributed by atoms with Crippen molar-refractivity contribution in [2.24, 2.45) is 34.5 Å². The number of ketones is 2. The second kappa shape index (κ2) is 10.00. The fraction of sp³-hybridized carbons (Fsp3) is 0.833. The summed E-state index contributed by atoms with van der Waals surface area (Å²) in [6, 6.07) is 0. The van der Waals surface area contributed by atoms with Crippen LogP contribution in [0.5, 0.6) is 0 Å². The molecule has 0 saturated heterocycles. The van der Waals surface area contributed by atoms with E-state index in [1.165, 1.54) is 0 Å². The Morgan fingerprint density at radius 3 is 2.31 bits per heavy atom. The zero-order valence-corrected chi connectivity index (χ0v) is 27.4. The van der Waals surface area contributed by atoms with Crippen LogP contribution in [0.15, 0.2) is 11.6 Å². The van der Waals surface area contributed by atoms with Crippen LogP contribution >= 0.6 is 0 Å². The molecule has 4 aliphatic carbocycles. The molecule has 3 saturated carbocycles. The van der Waals surface area contributed by atoms with E-state index in [1.807, 2.05) is 32.7 Å². The van der Waals surface area contributed by atoms with Crippen LogP contribution in [0.1, 0.15) is 72.6 Å². The molecule has 0 aromatic heterocycles. The monoisotopic (exact) mass is 578 g/mol. The molecule has 2 N–H and O–H groups in total. The Hall–Kier alpha value is -1.14. The van der Waals surface area contributed by atoms with Crippen molar-refractivity contribution in [3.8, 4) is 0 Å². The van der Waals surface area contributed by atoms with E-state index in [2.05, 4.69) is 27.7 Å². The van der Waals surface area contributed by atoms with Crippen LogP contribution in [0.4, 0.5) is 0 Å². The van der Waals surface area contributed by atoms with Crippen molar-refractivity contribution in [2.75, 3.05) is 0 Å². The fourth-order valence-corrected chi connectivity index (χ4v) is 9.94. The van der Waals surface area contributed by atoms with Crippen LogP contribution in [0, 0.1) is 34.5 Å². The molecular weight excluding hydrogens is 528 g/mol. The summed E-state index contributed by atoms with van der Waals surface area (Å²) in [5.74, 6) is -1.61. The lowest BCUT2D eigenvalue weighted by Crippen LogP contribution is -2.61. The van der Waals surface area contributed by atoms with Crippen molar-refractivity contribution >= 4 is 34.2 Å². The Bertz CT molecular complexity index is 1050. The van der Waals surface area contributed by atoms with Crippen molar-refractivity contribution in [3.05, 3.63) is 11.6 Å². The molecule has 0 aromatic rings. The van der Waals surface area contributed by atoms with Gasteiger partial charge in [0, 0.05) is 12.3 Å². The summed E-state index contributed by atoms with van der Waals surface area (Å²) in [4.78, 5) is 40.4. The summed E-state index contributed by atoms with van der Waals surface area (Å²) in [5.41, 5.74) is -0.351. The van der Waals surface area contributed by atoms with Gasteiger partial charge in [0.2, 0.25) is 14.6 Å². The van der Waals surface area contributed by atoms with Gasteiger partial charge in [-0.15, -0.1) is 0 Å². The van der Waals surface area contributed by atoms with Crippen LogP contribution in [-0.2, 0) is 23.2 Å². The van der Waals surface area contributed by atoms with E-state index < -0.39 is 46.1 Å². The molecular formula is C30H50O7Si2. The van der Waals surface area contributed by atoms with Gasteiger partial charge in [-0.25, -0.2) is 0 Å². The highest BCUT2D eigenvalue weighted by Crippen LogP contribution is 2.67. The van der Waals surface area contributed by atoms with Gasteiger partial charge in [0.05, 0.1) is 11.5 Å². The van der Waals surface area contributed by atoms with Gasteiger partial charge in [0.15, 0.2) is 19.9 Å². The molecule has 39 heavy (non-hydrogen) atoms. The fourth-order valence-electron chi connectivity index (χ4n) is 8.16. The van der Waals surface area contributed by atoms with E-state index in [4.69, 9.17) is 8.85 Å². The second-order valence-corrected chi connectivity index (χ2v) is 24.6. The van der Waals surface area contributed by atoms with Gasteiger partial charge >= 0.3 is 0 Å². The third-order valence-corrected chi connectivity index (χ3v) is 16.2. The third-order valence-electron chi connectivity index (χ3n) is 11.0. The molecule has 0 radical (unpaired) electrons. The van der Waals surface area contributed by atoms with E-state index in [0.29, 0.717) is 25.7 Å². The number of allylic oxidation sites excluding steroid dienone is 1. The Balaban J connectivity index is 1.73. The van der Waals surface area contributed by atoms with Gasteiger partial charge in [-0.2, -0.15) is 0 Å². The molecule has 0 aromatic carbocycles. The van der Waals surface area contributed by atoms with Crippen LogP contribution in [-0.4, -0.2) is 56.8 Å². The van der Waals surface area contributed by atoms with Crippen molar-refractivity contribution in [2.45, 2.75) is 123 Å². The summed E-state index contributed by atoms with van der Waals surface area (Å²) < 4.78 is 12.2. The topological polar surface area (TPSA) is 110 Å². The summed E-state index contributed by atoms with van der Waals surface area (Å²) >= 11 is 0. The van der Waals surface area contributed by atoms with Crippen LogP contribution in [0.3, 0.4) is 0 Å². The smallest absolute Gasteiger partial charge is 0.299 e. The highest BCUT2D eigenvalue weighted by molar-refractivity contribution is 6.74. The zero-order valence-electron chi connectivity index (χ0n) is 25.4. The molecule has 0 aliphatic heterocycles. The minimum absolute atomic E-state index is 0.0366. The SMILES string of the molecule is CC(C)(C)[Si](C)(C)OC(O)C(=O)[C@H]1CC[C@H]2[C@@H]3CCC4=CC(=O)CC[C@]4(C)[C@H]3[C@@H](O)C[C@]12C(=O)O[Si](C)(C)C. The maximum absolute atomic E-state index is 14.2. The minimum Gasteiger partial charge on any atom is -0.519 e. The zero-order chi connectivity index (χ0) is 29.3. The van der Waals surface area contributed by atoms with Crippen LogP contribution < -0.4 is 0 Å². The number of hydrogen-bond donors (Lipinski definition) is 2. The molecule has 220 valence electrons. The average molecular weight is 579 g/mol. The molecule has 7 nitrogen and oxygen atoms in total. The molecule has 1 unspecified atom stereocenters. The summed E-state index contributed by atoms with van der Waals surface area (Å²) in [6.45, 7) is 18.2. The standard InChI is InChI=1S/C30H50O7Si2/c1-28(2,3)39(8,9)36-26(34)25(33)22-13-12-21-20-11-10-18-16-19(31)14-15-29(18,4)24(20)23(32)17-30(21,22)27(35)37-38(5,6)7/h16,20-24,26,32,34H,10-15,17H2,1-9H3/t20-,21-,22+,23-,24+,26?,29-,30+/m0/s1. The van der Waals surface area contributed by atoms with Gasteiger partial charge in [0.1, 0.15) is 0 Å². The number of carbonyl (C=O) groups excluding carboxylic acids is 3. The van der Waals surface area contributed by atoms with E-state index in [0.717, 1.165) is 18.4 Å². The lowest BCUT2D eigenvalue weighted by atomic mass is 9.45. The van der Waals surface area contributed by atoms with E-state index in [1.54, 1.807) is 6.08 Å². The molecule has 0 bridgehead atoms. The lowest BCUT2D eigenvalue weighted by molar-refractivity contribution is -0.183. The third kappa shape index (κ3) is 5.20. The number of aliphatic hydroxyl groups is 2. The first-order valence-electron chi connectivity index (χ1n) is 14.8. The molecule has 0 spiro atoms. The number of aliphatic hydroxyl groups excluding tert-OH is 2. The first-order valence-corrected chi connectivity index (χ1v) is 21.1. The van der Waals surface area contributed by atoms with Gasteiger partial charge in [-0.05, 0) is 106 Å². The van der Waals surface area contributed by atoms with Gasteiger partial charge in [0.25, 0.3) is 5.97 Å². The van der Waals surface area contributed by atoms with Crippen molar-refractivity contribution in [1.82, 2.24) is 0 Å². The van der Waals surface area contributed by atoms with Crippen molar-refractivity contribution in [1.29, 1.82) is 0 Å². The Morgan fingerprint density at radius 1 is 1.08 bits per heavy atom. The van der Waals surface area contributed by atoms with Crippen molar-refractivity contribution < 1.29 is 33.4 Å². The molecule has 4 aliphatic rings. The normalized spacial score (nSPS) is 37.8. The Kier molecular flexibility index (Phi) is 7.90. The second-order valence-electron chi connectivity index (χ2n) is 15.5. The van der Waals surface area contributed by atoms with E-state index in [-0.39, 0.29) is 46.4 Å². The number of hydrogen-bond acceptors (Lipinski definition) is 7. The maximum atomic E-state index is 14.2. The van der Waals surface area contributed by atoms with Crippen LogP contribution in [0.2, 0.25) is 37.8 Å². The Labute approximate surface area is 236 Å². The molecule has 0 heterocycles. The number of Topliss-reactive ketones (excluding diaryl/α,β-unsaturated/α-hetero) is 1. The predicted molar refractivity (Wildman–Crippen MR) is 155 cm³/mol. The van der Waals surface area contributed by atoms with Gasteiger partial charge < -0.3 is 19.1 Å². The van der Waals surface area contributed by atoms with Crippen molar-refractivity contribution in [3.63, 3.8) is 0 Å². The average Bonchev–Trinajstić information content (AvgIpc) is 3.17. The number of carbonyl (C=O) groups is 3. The minimum atomic E-state index is -2.45. The number of rotatable bonds is 6. The van der Waals surface area contributed by atoms with Crippen LogP contribution in [0.25, 0.3) is 0 Å². The molecule has 9 heteroatoms. The lowest BCUT2D eigenvalue weighted by Gasteiger charge is -2.59. The molecule has 3 fully saturated rings. The van der Waals surface area contributed by atoms with Gasteiger partial charge in [-0.1, -0.05) is 33.3 Å². The molecule has 8 atom stereocenters. The highest BCUT2D eigenvalue weighted by atomic mass is 28.4. The summed E-state index contributed by atoms with van der Waals surface area (Å²) in [7, 11) is -4.77. The first-order chi connectivity index (χ1) is 17.7. The predicted octanol–water partition coefficient (Wildman–Crippen LogP) is 5.37. The molecule has 0 amide bonds. The molecule has 4 rings (SSSR count). The van der Waals surface area contributed by atoms with Gasteiger partial charge in [-0.3, -0.25) is 14.4 Å². The first kappa shape index (κ1) is 30.8. The summed E-state index contributed by atoms with van der Waals surface area (Å²) in [6.07, 6.45) is 3.37. The number of fused-ring (bicyclic) bond motifs is 5. The van der Waals surface area contributed by atoms with E-state index >= 15 is 0 Å². The Morgan fingerprint density at radius 2 is 1.72 bits per heavy atom. The largest absolute Gasteiger partial charge is 0.519 e. The summed E-state index contributed by atoms with van der Waals surface area (Å²) in [5, 5.41) is 22.8. The van der Waals surface area contributed by atoms with E-state index in [9.17, 15) is 24.6 Å².